The lowest BCUT2D eigenvalue weighted by molar-refractivity contribution is 0.162. The zero-order chi connectivity index (χ0) is 22.7. The number of aromatic nitrogens is 2. The molecule has 5 heteroatoms. The molecule has 0 bridgehead atoms. The van der Waals surface area contributed by atoms with Crippen molar-refractivity contribution < 1.29 is 4.52 Å². The maximum atomic E-state index is 5.49. The third-order valence-corrected chi connectivity index (χ3v) is 7.56. The van der Waals surface area contributed by atoms with Crippen molar-refractivity contribution in [1.82, 2.24) is 15.0 Å². The Balaban J connectivity index is 1.35. The summed E-state index contributed by atoms with van der Waals surface area (Å²) < 4.78 is 5.49. The average molecular weight is 450 g/mol. The van der Waals surface area contributed by atoms with Crippen LogP contribution in [0.2, 0.25) is 0 Å². The summed E-state index contributed by atoms with van der Waals surface area (Å²) in [6.07, 6.45) is 9.22. The van der Waals surface area contributed by atoms with Gasteiger partial charge >= 0.3 is 0 Å². The van der Waals surface area contributed by atoms with Gasteiger partial charge in [-0.25, -0.2) is 0 Å². The molecular formula is C27H35N3OS. The van der Waals surface area contributed by atoms with E-state index in [9.17, 15) is 0 Å². The van der Waals surface area contributed by atoms with Crippen LogP contribution in [0, 0.1) is 11.8 Å². The lowest BCUT2D eigenvalue weighted by Gasteiger charge is -2.36. The van der Waals surface area contributed by atoms with Gasteiger partial charge < -0.3 is 9.42 Å². The third-order valence-electron chi connectivity index (χ3n) is 6.62. The van der Waals surface area contributed by atoms with E-state index in [1.165, 1.54) is 36.1 Å². The van der Waals surface area contributed by atoms with Crippen LogP contribution in [-0.4, -0.2) is 29.1 Å². The number of thiophene rings is 1. The molecule has 1 aliphatic rings. The van der Waals surface area contributed by atoms with Gasteiger partial charge in [0.25, 0.3) is 5.89 Å². The fraction of sp³-hybridized carbons (Fsp3) is 0.481. The maximum absolute atomic E-state index is 5.49. The van der Waals surface area contributed by atoms with Gasteiger partial charge in [-0.05, 0) is 80.1 Å². The summed E-state index contributed by atoms with van der Waals surface area (Å²) in [7, 11) is 4.42. The second-order valence-electron chi connectivity index (χ2n) is 10.2. The van der Waals surface area contributed by atoms with Crippen molar-refractivity contribution in [2.24, 2.45) is 11.8 Å². The number of nitrogens with zero attached hydrogens (tertiary/aromatic N) is 3. The van der Waals surface area contributed by atoms with Gasteiger partial charge in [0.1, 0.15) is 0 Å². The third kappa shape index (κ3) is 5.38. The molecule has 170 valence electrons. The van der Waals surface area contributed by atoms with E-state index in [0.717, 1.165) is 11.5 Å². The maximum Gasteiger partial charge on any atom is 0.250 e. The molecule has 4 rings (SSSR count). The first-order valence-electron chi connectivity index (χ1n) is 11.6. The SMILES string of the molecule is CN(C)C(c1cccs1)C1CCC(C=Cc2nc(-c3ccc(C(C)(C)C)cc3)no2)CC1. The number of benzene rings is 1. The van der Waals surface area contributed by atoms with Crippen LogP contribution in [0.1, 0.15) is 68.8 Å². The van der Waals surface area contributed by atoms with Crippen LogP contribution in [-0.2, 0) is 5.41 Å². The Kier molecular flexibility index (Phi) is 6.96. The first kappa shape index (κ1) is 22.9. The monoisotopic (exact) mass is 449 g/mol. The second-order valence-corrected chi connectivity index (χ2v) is 11.2. The highest BCUT2D eigenvalue weighted by Crippen LogP contribution is 2.41. The largest absolute Gasteiger partial charge is 0.334 e. The Morgan fingerprint density at radius 2 is 1.78 bits per heavy atom. The molecule has 1 unspecified atom stereocenters. The van der Waals surface area contributed by atoms with E-state index in [2.05, 4.69) is 97.8 Å². The highest BCUT2D eigenvalue weighted by Gasteiger charge is 2.29. The van der Waals surface area contributed by atoms with Crippen LogP contribution in [0.25, 0.3) is 17.5 Å². The van der Waals surface area contributed by atoms with E-state index in [1.54, 1.807) is 0 Å². The van der Waals surface area contributed by atoms with E-state index in [-0.39, 0.29) is 5.41 Å². The van der Waals surface area contributed by atoms with Crippen LogP contribution in [0.5, 0.6) is 0 Å². The van der Waals surface area contributed by atoms with Crippen LogP contribution < -0.4 is 0 Å². The molecule has 2 aromatic heterocycles. The summed E-state index contributed by atoms with van der Waals surface area (Å²) in [6, 6.07) is 13.4. The molecule has 1 aliphatic carbocycles. The quantitative estimate of drug-likeness (QED) is 0.398. The Labute approximate surface area is 196 Å². The minimum Gasteiger partial charge on any atom is -0.334 e. The fourth-order valence-electron chi connectivity index (χ4n) is 4.78. The smallest absolute Gasteiger partial charge is 0.250 e. The van der Waals surface area contributed by atoms with Gasteiger partial charge in [-0.15, -0.1) is 11.3 Å². The fourth-order valence-corrected chi connectivity index (χ4v) is 5.79. The highest BCUT2D eigenvalue weighted by atomic mass is 32.1. The molecule has 0 N–H and O–H groups in total. The number of rotatable bonds is 6. The summed E-state index contributed by atoms with van der Waals surface area (Å²) >= 11 is 1.88. The molecule has 0 amide bonds. The average Bonchev–Trinajstić information content (AvgIpc) is 3.45. The molecule has 3 aromatic rings. The van der Waals surface area contributed by atoms with Gasteiger partial charge in [0, 0.05) is 16.5 Å². The van der Waals surface area contributed by atoms with Crippen LogP contribution in [0.15, 0.2) is 52.4 Å². The van der Waals surface area contributed by atoms with Crippen molar-refractivity contribution in [1.29, 1.82) is 0 Å². The summed E-state index contributed by atoms with van der Waals surface area (Å²) in [5.41, 5.74) is 2.43. The van der Waals surface area contributed by atoms with Crippen LogP contribution in [0.3, 0.4) is 0 Å². The van der Waals surface area contributed by atoms with Crippen molar-refractivity contribution in [3.63, 3.8) is 0 Å². The van der Waals surface area contributed by atoms with Crippen molar-refractivity contribution in [3.05, 3.63) is 64.2 Å². The molecule has 0 saturated heterocycles. The van der Waals surface area contributed by atoms with Gasteiger partial charge in [-0.2, -0.15) is 4.98 Å². The van der Waals surface area contributed by atoms with E-state index < -0.39 is 0 Å². The van der Waals surface area contributed by atoms with Gasteiger partial charge in [0.15, 0.2) is 0 Å². The molecule has 1 saturated carbocycles. The van der Waals surface area contributed by atoms with E-state index in [1.807, 2.05) is 17.4 Å². The molecular weight excluding hydrogens is 414 g/mol. The predicted molar refractivity (Wildman–Crippen MR) is 134 cm³/mol. The zero-order valence-electron chi connectivity index (χ0n) is 19.9. The van der Waals surface area contributed by atoms with Crippen molar-refractivity contribution in [2.75, 3.05) is 14.1 Å². The number of hydrogen-bond donors (Lipinski definition) is 0. The van der Waals surface area contributed by atoms with Crippen LogP contribution in [0.4, 0.5) is 0 Å². The minimum atomic E-state index is 0.138. The summed E-state index contributed by atoms with van der Waals surface area (Å²) in [4.78, 5) is 8.47. The molecule has 2 heterocycles. The van der Waals surface area contributed by atoms with Gasteiger partial charge in [-0.1, -0.05) is 62.3 Å². The molecule has 1 atom stereocenters. The van der Waals surface area contributed by atoms with E-state index >= 15 is 0 Å². The number of allylic oxidation sites excluding steroid dienone is 1. The Morgan fingerprint density at radius 1 is 1.06 bits per heavy atom. The molecule has 0 spiro atoms. The molecule has 0 radical (unpaired) electrons. The molecule has 1 fully saturated rings. The van der Waals surface area contributed by atoms with E-state index in [0.29, 0.717) is 23.7 Å². The Morgan fingerprint density at radius 3 is 2.38 bits per heavy atom. The molecule has 1 aromatic carbocycles. The lowest BCUT2D eigenvalue weighted by atomic mass is 9.77. The van der Waals surface area contributed by atoms with Crippen molar-refractivity contribution in [3.8, 4) is 11.4 Å². The molecule has 32 heavy (non-hydrogen) atoms. The van der Waals surface area contributed by atoms with Crippen LogP contribution >= 0.6 is 11.3 Å². The summed E-state index contributed by atoms with van der Waals surface area (Å²) in [6.45, 7) is 6.65. The summed E-state index contributed by atoms with van der Waals surface area (Å²) in [5, 5.41) is 6.38. The predicted octanol–water partition coefficient (Wildman–Crippen LogP) is 7.22. The number of hydrogen-bond acceptors (Lipinski definition) is 5. The summed E-state index contributed by atoms with van der Waals surface area (Å²) in [5.74, 6) is 2.54. The second kappa shape index (κ2) is 9.72. The Hall–Kier alpha value is -2.24. The lowest BCUT2D eigenvalue weighted by Crippen LogP contribution is -2.29. The normalized spacial score (nSPS) is 20.8. The van der Waals surface area contributed by atoms with Gasteiger partial charge in [0.05, 0.1) is 0 Å². The molecule has 4 nitrogen and oxygen atoms in total. The van der Waals surface area contributed by atoms with Gasteiger partial charge in [-0.3, -0.25) is 0 Å². The zero-order valence-corrected chi connectivity index (χ0v) is 20.7. The standard InChI is InChI=1S/C27H35N3OS/c1-27(2,3)22-15-13-21(14-16-22)26-28-24(31-29-26)17-10-19-8-11-20(12-9-19)25(30(4)5)23-7-6-18-32-23/h6-7,10,13-20,25H,8-9,11-12H2,1-5H3. The minimum absolute atomic E-state index is 0.138. The van der Waals surface area contributed by atoms with E-state index in [4.69, 9.17) is 4.52 Å². The topological polar surface area (TPSA) is 42.2 Å². The first-order chi connectivity index (χ1) is 15.3. The van der Waals surface area contributed by atoms with Crippen molar-refractivity contribution >= 4 is 17.4 Å². The highest BCUT2D eigenvalue weighted by molar-refractivity contribution is 7.10. The van der Waals surface area contributed by atoms with Crippen molar-refractivity contribution in [2.45, 2.75) is 57.9 Å². The first-order valence-corrected chi connectivity index (χ1v) is 12.5. The Bertz CT molecular complexity index is 1000. The van der Waals surface area contributed by atoms with Gasteiger partial charge in [0.2, 0.25) is 5.82 Å². The molecule has 0 aliphatic heterocycles.